The first-order chi connectivity index (χ1) is 9.72. The first kappa shape index (κ1) is 15.7. The first-order valence-corrected chi connectivity index (χ1v) is 8.50. The average molecular weight is 327 g/mol. The molecule has 7 nitrogen and oxygen atoms in total. The highest BCUT2D eigenvalue weighted by molar-refractivity contribution is 7.93. The lowest BCUT2D eigenvalue weighted by Gasteiger charge is -2.14. The fraction of sp³-hybridized carbons (Fsp3) is 0.333. The summed E-state index contributed by atoms with van der Waals surface area (Å²) in [6, 6.07) is 2.90. The second-order valence-electron chi connectivity index (χ2n) is 5.42. The maximum atomic E-state index is 12.2. The predicted molar refractivity (Wildman–Crippen MR) is 83.7 cm³/mol. The van der Waals surface area contributed by atoms with Crippen LogP contribution in [0.3, 0.4) is 0 Å². The largest absolute Gasteiger partial charge is 0.308 e. The fourth-order valence-electron chi connectivity index (χ4n) is 1.46. The van der Waals surface area contributed by atoms with Crippen LogP contribution >= 0.6 is 11.3 Å². The van der Waals surface area contributed by atoms with E-state index in [-0.39, 0.29) is 10.3 Å². The summed E-state index contributed by atoms with van der Waals surface area (Å²) in [6.07, 6.45) is 1.23. The van der Waals surface area contributed by atoms with Crippen molar-refractivity contribution in [1.82, 2.24) is 9.97 Å². The zero-order valence-electron chi connectivity index (χ0n) is 11.9. The van der Waals surface area contributed by atoms with Gasteiger partial charge >= 0.3 is 0 Å². The number of pyridine rings is 1. The molecule has 0 saturated carbocycles. The number of hydrazine groups is 1. The Hall–Kier alpha value is -1.71. The van der Waals surface area contributed by atoms with Crippen LogP contribution in [0.1, 0.15) is 26.5 Å². The summed E-state index contributed by atoms with van der Waals surface area (Å²) in [5.74, 6) is 5.58. The molecule has 0 atom stereocenters. The quantitative estimate of drug-likeness (QED) is 0.584. The van der Waals surface area contributed by atoms with E-state index in [0.29, 0.717) is 10.9 Å². The lowest BCUT2D eigenvalue weighted by atomic mass is 9.93. The van der Waals surface area contributed by atoms with Gasteiger partial charge in [0, 0.05) is 17.0 Å². The third kappa shape index (κ3) is 3.69. The molecule has 4 N–H and O–H groups in total. The van der Waals surface area contributed by atoms with E-state index in [2.05, 4.69) is 20.1 Å². The first-order valence-electron chi connectivity index (χ1n) is 6.14. The topological polar surface area (TPSA) is 110 Å². The highest BCUT2D eigenvalue weighted by Gasteiger charge is 2.20. The maximum Gasteiger partial charge on any atom is 0.265 e. The van der Waals surface area contributed by atoms with Crippen LogP contribution in [0, 0.1) is 0 Å². The maximum absolute atomic E-state index is 12.2. The summed E-state index contributed by atoms with van der Waals surface area (Å²) < 4.78 is 26.9. The van der Waals surface area contributed by atoms with Crippen LogP contribution in [0.2, 0.25) is 0 Å². The summed E-state index contributed by atoms with van der Waals surface area (Å²) in [6.45, 7) is 6.05. The van der Waals surface area contributed by atoms with Gasteiger partial charge in [0.15, 0.2) is 5.13 Å². The molecule has 2 rings (SSSR count). The Morgan fingerprint density at radius 3 is 2.48 bits per heavy atom. The Morgan fingerprint density at radius 2 is 2.00 bits per heavy atom. The van der Waals surface area contributed by atoms with Gasteiger partial charge in [0.1, 0.15) is 10.7 Å². The van der Waals surface area contributed by atoms with Gasteiger partial charge in [-0.3, -0.25) is 4.72 Å². The predicted octanol–water partition coefficient (Wildman–Crippen LogP) is 1.92. The van der Waals surface area contributed by atoms with E-state index >= 15 is 0 Å². The molecule has 0 aliphatic rings. The number of anilines is 2. The summed E-state index contributed by atoms with van der Waals surface area (Å²) in [5.41, 5.74) is 3.05. The van der Waals surface area contributed by atoms with E-state index in [4.69, 9.17) is 5.84 Å². The number of nitrogen functional groups attached to an aromatic ring is 1. The standard InChI is InChI=1S/C12H17N5O2S2/c1-12(2,3)9-7-20-11(15-9)17-21(18,19)8-4-5-10(16-13)14-6-8/h4-7H,13H2,1-3H3,(H,14,16)(H,15,17). The smallest absolute Gasteiger partial charge is 0.265 e. The Morgan fingerprint density at radius 1 is 1.29 bits per heavy atom. The van der Waals surface area contributed by atoms with Gasteiger partial charge in [-0.25, -0.2) is 24.2 Å². The van der Waals surface area contributed by atoms with E-state index in [9.17, 15) is 8.42 Å². The van der Waals surface area contributed by atoms with Crippen molar-refractivity contribution >= 4 is 32.3 Å². The van der Waals surface area contributed by atoms with Gasteiger partial charge in [0.2, 0.25) is 0 Å². The average Bonchev–Trinajstić information content (AvgIpc) is 2.86. The van der Waals surface area contributed by atoms with Crippen molar-refractivity contribution in [2.24, 2.45) is 5.84 Å². The van der Waals surface area contributed by atoms with Crippen LogP contribution in [0.5, 0.6) is 0 Å². The molecule has 2 aromatic heterocycles. The lowest BCUT2D eigenvalue weighted by molar-refractivity contribution is 0.573. The third-order valence-electron chi connectivity index (χ3n) is 2.69. The Kier molecular flexibility index (Phi) is 4.17. The van der Waals surface area contributed by atoms with Crippen molar-refractivity contribution in [1.29, 1.82) is 0 Å². The van der Waals surface area contributed by atoms with E-state index < -0.39 is 10.0 Å². The number of nitrogens with two attached hydrogens (primary N) is 1. The molecular formula is C12H17N5O2S2. The van der Waals surface area contributed by atoms with Gasteiger partial charge < -0.3 is 5.43 Å². The number of thiazole rings is 1. The molecule has 0 aliphatic carbocycles. The summed E-state index contributed by atoms with van der Waals surface area (Å²) in [7, 11) is -3.70. The van der Waals surface area contributed by atoms with E-state index in [0.717, 1.165) is 5.69 Å². The number of nitrogens with zero attached hydrogens (tertiary/aromatic N) is 2. The minimum atomic E-state index is -3.70. The fourth-order valence-corrected chi connectivity index (χ4v) is 3.60. The zero-order valence-corrected chi connectivity index (χ0v) is 13.5. The van der Waals surface area contributed by atoms with Crippen LogP contribution in [0.25, 0.3) is 0 Å². The van der Waals surface area contributed by atoms with Gasteiger partial charge in [-0.05, 0) is 12.1 Å². The second-order valence-corrected chi connectivity index (χ2v) is 7.96. The van der Waals surface area contributed by atoms with Gasteiger partial charge in [-0.1, -0.05) is 20.8 Å². The van der Waals surface area contributed by atoms with Crippen LogP contribution in [0.15, 0.2) is 28.6 Å². The number of sulfonamides is 1. The molecule has 2 aromatic rings. The number of nitrogens with one attached hydrogen (secondary N) is 2. The van der Waals surface area contributed by atoms with Crippen molar-refractivity contribution < 1.29 is 8.42 Å². The van der Waals surface area contributed by atoms with Crippen molar-refractivity contribution in [2.45, 2.75) is 31.1 Å². The summed E-state index contributed by atoms with van der Waals surface area (Å²) >= 11 is 1.25. The molecule has 2 heterocycles. The molecule has 9 heteroatoms. The highest BCUT2D eigenvalue weighted by atomic mass is 32.2. The molecule has 0 fully saturated rings. The molecule has 21 heavy (non-hydrogen) atoms. The Labute approximate surface area is 127 Å². The third-order valence-corrected chi connectivity index (χ3v) is 4.90. The molecule has 0 spiro atoms. The van der Waals surface area contributed by atoms with Gasteiger partial charge in [0.05, 0.1) is 5.69 Å². The van der Waals surface area contributed by atoms with Crippen molar-refractivity contribution in [3.63, 3.8) is 0 Å². The zero-order chi connectivity index (χ0) is 15.7. The molecule has 0 radical (unpaired) electrons. The number of aromatic nitrogens is 2. The molecule has 114 valence electrons. The SMILES string of the molecule is CC(C)(C)c1csc(NS(=O)(=O)c2ccc(NN)nc2)n1. The number of hydrogen-bond donors (Lipinski definition) is 3. The van der Waals surface area contributed by atoms with Gasteiger partial charge in [0.25, 0.3) is 10.0 Å². The molecule has 0 saturated heterocycles. The van der Waals surface area contributed by atoms with Crippen LogP contribution in [0.4, 0.5) is 10.9 Å². The molecule has 0 bridgehead atoms. The van der Waals surface area contributed by atoms with Gasteiger partial charge in [-0.2, -0.15) is 0 Å². The Balaban J connectivity index is 2.22. The van der Waals surface area contributed by atoms with Crippen LogP contribution in [-0.4, -0.2) is 18.4 Å². The van der Waals surface area contributed by atoms with Crippen LogP contribution < -0.4 is 16.0 Å². The normalized spacial score (nSPS) is 12.2. The number of rotatable bonds is 4. The lowest BCUT2D eigenvalue weighted by Crippen LogP contribution is -2.15. The van der Waals surface area contributed by atoms with Crippen molar-refractivity contribution in [2.75, 3.05) is 10.1 Å². The van der Waals surface area contributed by atoms with Gasteiger partial charge in [-0.15, -0.1) is 11.3 Å². The Bertz CT molecular complexity index is 717. The molecule has 0 amide bonds. The molecule has 0 aromatic carbocycles. The second kappa shape index (κ2) is 5.58. The summed E-state index contributed by atoms with van der Waals surface area (Å²) in [5, 5.41) is 2.18. The van der Waals surface area contributed by atoms with E-state index in [1.54, 1.807) is 0 Å². The highest BCUT2D eigenvalue weighted by Crippen LogP contribution is 2.27. The van der Waals surface area contributed by atoms with Crippen molar-refractivity contribution in [3.05, 3.63) is 29.4 Å². The number of hydrogen-bond acceptors (Lipinski definition) is 7. The molecule has 0 aliphatic heterocycles. The van der Waals surface area contributed by atoms with E-state index in [1.165, 1.54) is 29.7 Å². The van der Waals surface area contributed by atoms with Crippen LogP contribution in [-0.2, 0) is 15.4 Å². The minimum absolute atomic E-state index is 0.0500. The van der Waals surface area contributed by atoms with Crippen molar-refractivity contribution in [3.8, 4) is 0 Å². The minimum Gasteiger partial charge on any atom is -0.308 e. The summed E-state index contributed by atoms with van der Waals surface area (Å²) in [4.78, 5) is 8.23. The van der Waals surface area contributed by atoms with E-state index in [1.807, 2.05) is 26.2 Å². The monoisotopic (exact) mass is 327 g/mol. The molecular weight excluding hydrogens is 310 g/mol. The molecule has 0 unspecified atom stereocenters.